The molecule has 1 saturated heterocycles. The first kappa shape index (κ1) is 22.8. The van der Waals surface area contributed by atoms with Gasteiger partial charge in [-0.2, -0.15) is 0 Å². The lowest BCUT2D eigenvalue weighted by Gasteiger charge is -2.39. The van der Waals surface area contributed by atoms with Crippen molar-refractivity contribution < 1.29 is 42.9 Å². The molecule has 0 aromatic carbocycles. The Hall–Kier alpha value is -2.20. The Morgan fingerprint density at radius 2 is 1.67 bits per heavy atom. The van der Waals surface area contributed by atoms with E-state index < -0.39 is 42.5 Å². The molecule has 0 aromatic rings. The fourth-order valence-electron chi connectivity index (χ4n) is 2.56. The van der Waals surface area contributed by atoms with E-state index in [-0.39, 0.29) is 25.5 Å². The van der Waals surface area contributed by atoms with Crippen LogP contribution in [0.25, 0.3) is 0 Å². The molecular formula is C17H27NO9. The number of hydrogen-bond acceptors (Lipinski definition) is 9. The standard InChI is InChI=1S/C17H27NO9/c1-10(19)18-6-5-7-23-16-8-14(25-12(3)21)17(26-13(4)22)15(27-16)9-24-11(2)20/h14-17H,5-9H2,1-4H3,(H,18,19). The molecule has 0 bridgehead atoms. The Morgan fingerprint density at radius 1 is 1.00 bits per heavy atom. The number of carbonyl (C=O) groups is 4. The van der Waals surface area contributed by atoms with E-state index in [0.717, 1.165) is 0 Å². The van der Waals surface area contributed by atoms with Crippen molar-refractivity contribution in [3.63, 3.8) is 0 Å². The second kappa shape index (κ2) is 11.5. The van der Waals surface area contributed by atoms with Crippen LogP contribution in [0.15, 0.2) is 0 Å². The van der Waals surface area contributed by atoms with E-state index in [9.17, 15) is 19.2 Å². The van der Waals surface area contributed by atoms with Gasteiger partial charge in [-0.3, -0.25) is 19.2 Å². The molecule has 1 aliphatic rings. The molecular weight excluding hydrogens is 362 g/mol. The Balaban J connectivity index is 2.74. The van der Waals surface area contributed by atoms with Crippen LogP contribution in [0.4, 0.5) is 0 Å². The third kappa shape index (κ3) is 9.34. The lowest BCUT2D eigenvalue weighted by atomic mass is 10.0. The maximum absolute atomic E-state index is 11.4. The average molecular weight is 389 g/mol. The Morgan fingerprint density at radius 3 is 2.22 bits per heavy atom. The van der Waals surface area contributed by atoms with E-state index in [1.165, 1.54) is 27.7 Å². The molecule has 1 heterocycles. The van der Waals surface area contributed by atoms with Crippen LogP contribution in [-0.2, 0) is 42.9 Å². The molecule has 1 fully saturated rings. The molecule has 4 unspecified atom stereocenters. The van der Waals surface area contributed by atoms with E-state index in [4.69, 9.17) is 23.7 Å². The van der Waals surface area contributed by atoms with Crippen LogP contribution in [0.2, 0.25) is 0 Å². The predicted octanol–water partition coefficient (Wildman–Crippen LogP) is 0.0707. The van der Waals surface area contributed by atoms with E-state index in [2.05, 4.69) is 5.32 Å². The van der Waals surface area contributed by atoms with Crippen molar-refractivity contribution in [3.8, 4) is 0 Å². The van der Waals surface area contributed by atoms with Crippen molar-refractivity contribution in [1.29, 1.82) is 0 Å². The summed E-state index contributed by atoms with van der Waals surface area (Å²) in [6, 6.07) is 0. The van der Waals surface area contributed by atoms with Gasteiger partial charge in [-0.1, -0.05) is 0 Å². The van der Waals surface area contributed by atoms with Gasteiger partial charge >= 0.3 is 17.9 Å². The number of carbonyl (C=O) groups excluding carboxylic acids is 4. The summed E-state index contributed by atoms with van der Waals surface area (Å²) in [4.78, 5) is 44.8. The summed E-state index contributed by atoms with van der Waals surface area (Å²) >= 11 is 0. The van der Waals surface area contributed by atoms with Gasteiger partial charge in [0.25, 0.3) is 0 Å². The molecule has 10 heteroatoms. The van der Waals surface area contributed by atoms with Crippen molar-refractivity contribution in [1.82, 2.24) is 5.32 Å². The highest BCUT2D eigenvalue weighted by Crippen LogP contribution is 2.27. The summed E-state index contributed by atoms with van der Waals surface area (Å²) in [6.07, 6.45) is -2.63. The number of hydrogen-bond donors (Lipinski definition) is 1. The SMILES string of the molecule is CC(=O)NCCCOC1CC(OC(C)=O)C(OC(C)=O)C(COC(C)=O)O1. The molecule has 0 saturated carbocycles. The quantitative estimate of drug-likeness (QED) is 0.331. The molecule has 1 amide bonds. The van der Waals surface area contributed by atoms with Gasteiger partial charge in [0.2, 0.25) is 5.91 Å². The van der Waals surface area contributed by atoms with Crippen LogP contribution in [0.1, 0.15) is 40.5 Å². The number of esters is 3. The zero-order valence-corrected chi connectivity index (χ0v) is 16.0. The third-order valence-corrected chi connectivity index (χ3v) is 3.55. The molecule has 154 valence electrons. The minimum atomic E-state index is -0.926. The van der Waals surface area contributed by atoms with Gasteiger partial charge < -0.3 is 29.0 Å². The first-order valence-electron chi connectivity index (χ1n) is 8.68. The molecule has 1 rings (SSSR count). The van der Waals surface area contributed by atoms with E-state index in [0.29, 0.717) is 13.0 Å². The van der Waals surface area contributed by atoms with Gasteiger partial charge in [-0.05, 0) is 6.42 Å². The highest BCUT2D eigenvalue weighted by atomic mass is 16.7. The molecule has 0 aromatic heterocycles. The normalized spacial score (nSPS) is 24.6. The zero-order chi connectivity index (χ0) is 20.4. The molecule has 10 nitrogen and oxygen atoms in total. The Bertz CT molecular complexity index is 536. The summed E-state index contributed by atoms with van der Waals surface area (Å²) in [6.45, 7) is 5.67. The fourth-order valence-corrected chi connectivity index (χ4v) is 2.56. The summed E-state index contributed by atoms with van der Waals surface area (Å²) in [7, 11) is 0. The molecule has 0 radical (unpaired) electrons. The topological polar surface area (TPSA) is 126 Å². The van der Waals surface area contributed by atoms with Gasteiger partial charge in [0.1, 0.15) is 18.8 Å². The smallest absolute Gasteiger partial charge is 0.303 e. The monoisotopic (exact) mass is 389 g/mol. The molecule has 4 atom stereocenters. The number of rotatable bonds is 9. The summed E-state index contributed by atoms with van der Waals surface area (Å²) in [5.74, 6) is -1.79. The fraction of sp³-hybridized carbons (Fsp3) is 0.765. The van der Waals surface area contributed by atoms with Crippen LogP contribution in [0.5, 0.6) is 0 Å². The predicted molar refractivity (Wildman–Crippen MR) is 90.3 cm³/mol. The van der Waals surface area contributed by atoms with Crippen molar-refractivity contribution >= 4 is 23.8 Å². The van der Waals surface area contributed by atoms with Crippen molar-refractivity contribution in [3.05, 3.63) is 0 Å². The second-order valence-corrected chi connectivity index (χ2v) is 6.07. The van der Waals surface area contributed by atoms with E-state index in [1.807, 2.05) is 0 Å². The second-order valence-electron chi connectivity index (χ2n) is 6.07. The third-order valence-electron chi connectivity index (χ3n) is 3.55. The van der Waals surface area contributed by atoms with Gasteiger partial charge in [0.05, 0.1) is 6.61 Å². The van der Waals surface area contributed by atoms with E-state index >= 15 is 0 Å². The van der Waals surface area contributed by atoms with Crippen LogP contribution in [-0.4, -0.2) is 68.2 Å². The maximum Gasteiger partial charge on any atom is 0.303 e. The highest BCUT2D eigenvalue weighted by Gasteiger charge is 2.44. The summed E-state index contributed by atoms with van der Waals surface area (Å²) in [5.41, 5.74) is 0. The molecule has 1 aliphatic heterocycles. The van der Waals surface area contributed by atoms with Gasteiger partial charge in [-0.15, -0.1) is 0 Å². The Kier molecular flexibility index (Phi) is 9.73. The van der Waals surface area contributed by atoms with Crippen LogP contribution < -0.4 is 5.32 Å². The Labute approximate surface area is 157 Å². The molecule has 0 spiro atoms. The van der Waals surface area contributed by atoms with Crippen LogP contribution in [0, 0.1) is 0 Å². The minimum absolute atomic E-state index is 0.135. The van der Waals surface area contributed by atoms with Crippen molar-refractivity contribution in [2.24, 2.45) is 0 Å². The number of amides is 1. The zero-order valence-electron chi connectivity index (χ0n) is 16.0. The van der Waals surface area contributed by atoms with Crippen molar-refractivity contribution in [2.45, 2.75) is 65.1 Å². The number of nitrogens with one attached hydrogen (secondary N) is 1. The van der Waals surface area contributed by atoms with Gasteiger partial charge in [0.15, 0.2) is 12.4 Å². The van der Waals surface area contributed by atoms with E-state index in [1.54, 1.807) is 0 Å². The lowest BCUT2D eigenvalue weighted by molar-refractivity contribution is -0.266. The minimum Gasteiger partial charge on any atom is -0.463 e. The summed E-state index contributed by atoms with van der Waals surface area (Å²) in [5, 5.41) is 2.64. The number of ether oxygens (including phenoxy) is 5. The highest BCUT2D eigenvalue weighted by molar-refractivity contribution is 5.72. The van der Waals surface area contributed by atoms with Crippen LogP contribution in [0.3, 0.4) is 0 Å². The van der Waals surface area contributed by atoms with Crippen LogP contribution >= 0.6 is 0 Å². The first-order chi connectivity index (χ1) is 12.7. The molecule has 27 heavy (non-hydrogen) atoms. The molecule has 0 aliphatic carbocycles. The van der Waals surface area contributed by atoms with Gasteiger partial charge in [-0.25, -0.2) is 0 Å². The molecule has 1 N–H and O–H groups in total. The van der Waals surface area contributed by atoms with Gasteiger partial charge in [0, 0.05) is 40.7 Å². The lowest BCUT2D eigenvalue weighted by Crippen LogP contribution is -2.54. The maximum atomic E-state index is 11.4. The summed E-state index contributed by atoms with van der Waals surface area (Å²) < 4.78 is 26.8. The van der Waals surface area contributed by atoms with Crippen molar-refractivity contribution in [2.75, 3.05) is 19.8 Å². The average Bonchev–Trinajstić information content (AvgIpc) is 2.53. The largest absolute Gasteiger partial charge is 0.463 e. The first-order valence-corrected chi connectivity index (χ1v) is 8.68.